The molecule has 4 nitrogen and oxygen atoms in total. The van der Waals surface area contributed by atoms with E-state index in [4.69, 9.17) is 11.6 Å². The molecule has 0 aliphatic carbocycles. The molecule has 0 spiro atoms. The maximum absolute atomic E-state index is 11.6. The highest BCUT2D eigenvalue weighted by Gasteiger charge is 2.20. The second kappa shape index (κ2) is 6.18. The Hall–Kier alpha value is -1.10. The molecule has 0 saturated carbocycles. The third-order valence-corrected chi connectivity index (χ3v) is 3.34. The van der Waals surface area contributed by atoms with Crippen LogP contribution in [0.2, 0.25) is 5.02 Å². The fourth-order valence-electron chi connectivity index (χ4n) is 1.84. The van der Waals surface area contributed by atoms with E-state index in [0.717, 1.165) is 18.7 Å². The molecule has 1 aliphatic rings. The highest BCUT2D eigenvalue weighted by molar-refractivity contribution is 6.30. The Morgan fingerprint density at radius 3 is 2.67 bits per heavy atom. The fraction of sp³-hybridized carbons (Fsp3) is 0.462. The molecule has 1 aromatic carbocycles. The second-order valence-corrected chi connectivity index (χ2v) is 5.04. The van der Waals surface area contributed by atoms with E-state index in [2.05, 4.69) is 10.6 Å². The van der Waals surface area contributed by atoms with Crippen LogP contribution in [0.3, 0.4) is 0 Å². The van der Waals surface area contributed by atoms with E-state index in [1.807, 2.05) is 0 Å². The van der Waals surface area contributed by atoms with Gasteiger partial charge in [0.25, 0.3) is 0 Å². The smallest absolute Gasteiger partial charge is 0.220 e. The molecule has 1 atom stereocenters. The summed E-state index contributed by atoms with van der Waals surface area (Å²) in [5.74, 6) is 0.437. The number of carbonyl (C=O) groups is 1. The third kappa shape index (κ3) is 3.70. The lowest BCUT2D eigenvalue weighted by Crippen LogP contribution is -2.44. The first kappa shape index (κ1) is 13.3. The van der Waals surface area contributed by atoms with Crippen LogP contribution in [0.1, 0.15) is 18.1 Å². The van der Waals surface area contributed by atoms with Gasteiger partial charge in [0.05, 0.1) is 6.10 Å². The van der Waals surface area contributed by atoms with Crippen LogP contribution in [0.25, 0.3) is 0 Å². The molecule has 2 rings (SSSR count). The first-order chi connectivity index (χ1) is 8.65. The van der Waals surface area contributed by atoms with Gasteiger partial charge in [-0.25, -0.2) is 0 Å². The monoisotopic (exact) mass is 268 g/mol. The zero-order chi connectivity index (χ0) is 13.0. The first-order valence-electron chi connectivity index (χ1n) is 6.06. The minimum Gasteiger partial charge on any atom is -0.387 e. The number of hydrogen-bond donors (Lipinski definition) is 3. The summed E-state index contributed by atoms with van der Waals surface area (Å²) >= 11 is 5.77. The van der Waals surface area contributed by atoms with E-state index in [-0.39, 0.29) is 12.5 Å². The molecule has 1 saturated heterocycles. The van der Waals surface area contributed by atoms with Crippen LogP contribution >= 0.6 is 11.6 Å². The summed E-state index contributed by atoms with van der Waals surface area (Å²) in [4.78, 5) is 11.6. The van der Waals surface area contributed by atoms with Gasteiger partial charge in [-0.15, -0.1) is 0 Å². The summed E-state index contributed by atoms with van der Waals surface area (Å²) in [6.07, 6.45) is -0.161. The molecule has 18 heavy (non-hydrogen) atoms. The number of amides is 1. The summed E-state index contributed by atoms with van der Waals surface area (Å²) in [5, 5.41) is 16.4. The third-order valence-electron chi connectivity index (χ3n) is 3.09. The van der Waals surface area contributed by atoms with Crippen molar-refractivity contribution in [3.05, 3.63) is 34.9 Å². The Balaban J connectivity index is 1.74. The minimum absolute atomic E-state index is 0.00508. The van der Waals surface area contributed by atoms with E-state index in [0.29, 0.717) is 17.4 Å². The number of hydrogen-bond acceptors (Lipinski definition) is 3. The molecule has 5 heteroatoms. The van der Waals surface area contributed by atoms with Crippen LogP contribution in [0.15, 0.2) is 24.3 Å². The van der Waals surface area contributed by atoms with Gasteiger partial charge in [-0.3, -0.25) is 4.79 Å². The van der Waals surface area contributed by atoms with E-state index >= 15 is 0 Å². The lowest BCUT2D eigenvalue weighted by molar-refractivity contribution is -0.122. The average Bonchev–Trinajstić information content (AvgIpc) is 2.32. The molecule has 1 amide bonds. The highest BCUT2D eigenvalue weighted by Crippen LogP contribution is 2.16. The second-order valence-electron chi connectivity index (χ2n) is 4.60. The van der Waals surface area contributed by atoms with Crippen LogP contribution in [0.4, 0.5) is 0 Å². The van der Waals surface area contributed by atoms with Crippen molar-refractivity contribution < 1.29 is 9.90 Å². The van der Waals surface area contributed by atoms with Gasteiger partial charge in [-0.05, 0) is 36.7 Å². The maximum atomic E-state index is 11.6. The molecule has 1 fully saturated rings. The molecule has 98 valence electrons. The van der Waals surface area contributed by atoms with Gasteiger partial charge >= 0.3 is 0 Å². The molecule has 0 bridgehead atoms. The number of aliphatic hydroxyl groups is 1. The number of benzene rings is 1. The average molecular weight is 269 g/mol. The van der Waals surface area contributed by atoms with Gasteiger partial charge in [0, 0.05) is 18.0 Å². The van der Waals surface area contributed by atoms with Gasteiger partial charge in [-0.1, -0.05) is 23.7 Å². The lowest BCUT2D eigenvalue weighted by atomic mass is 9.99. The Labute approximate surface area is 111 Å². The predicted molar refractivity (Wildman–Crippen MR) is 70.4 cm³/mol. The van der Waals surface area contributed by atoms with Gasteiger partial charge < -0.3 is 15.7 Å². The minimum atomic E-state index is -0.689. The Bertz CT molecular complexity index is 404. The van der Waals surface area contributed by atoms with Crippen molar-refractivity contribution in [2.75, 3.05) is 19.6 Å². The fourth-order valence-corrected chi connectivity index (χ4v) is 1.97. The summed E-state index contributed by atoms with van der Waals surface area (Å²) in [7, 11) is 0. The van der Waals surface area contributed by atoms with Gasteiger partial charge in [0.1, 0.15) is 0 Å². The van der Waals surface area contributed by atoms with Crippen LogP contribution < -0.4 is 10.6 Å². The Kier molecular flexibility index (Phi) is 4.58. The molecule has 0 aromatic heterocycles. The van der Waals surface area contributed by atoms with Crippen LogP contribution in [-0.4, -0.2) is 30.6 Å². The SMILES string of the molecule is O=C(CC1CNC1)NCC(O)c1ccc(Cl)cc1. The molecule has 1 aliphatic heterocycles. The van der Waals surface area contributed by atoms with E-state index in [1.54, 1.807) is 24.3 Å². The highest BCUT2D eigenvalue weighted by atomic mass is 35.5. The van der Waals surface area contributed by atoms with Gasteiger partial charge in [0.15, 0.2) is 0 Å². The van der Waals surface area contributed by atoms with Crippen molar-refractivity contribution >= 4 is 17.5 Å². The number of halogens is 1. The molecular weight excluding hydrogens is 252 g/mol. The summed E-state index contributed by atoms with van der Waals surface area (Å²) in [5.41, 5.74) is 0.755. The lowest BCUT2D eigenvalue weighted by Gasteiger charge is -2.26. The zero-order valence-electron chi connectivity index (χ0n) is 10.0. The summed E-state index contributed by atoms with van der Waals surface area (Å²) in [6.45, 7) is 2.06. The summed E-state index contributed by atoms with van der Waals surface area (Å²) < 4.78 is 0. The molecule has 3 N–H and O–H groups in total. The zero-order valence-corrected chi connectivity index (χ0v) is 10.8. The number of nitrogens with one attached hydrogen (secondary N) is 2. The molecule has 1 heterocycles. The van der Waals surface area contributed by atoms with Crippen molar-refractivity contribution in [1.29, 1.82) is 0 Å². The van der Waals surface area contributed by atoms with E-state index in [1.165, 1.54) is 0 Å². The predicted octanol–water partition coefficient (Wildman–Crippen LogP) is 1.10. The normalized spacial score (nSPS) is 17.0. The Morgan fingerprint density at radius 1 is 1.44 bits per heavy atom. The van der Waals surface area contributed by atoms with Crippen molar-refractivity contribution in [2.24, 2.45) is 5.92 Å². The number of rotatable bonds is 5. The van der Waals surface area contributed by atoms with Gasteiger partial charge in [-0.2, -0.15) is 0 Å². The van der Waals surface area contributed by atoms with Crippen molar-refractivity contribution in [3.8, 4) is 0 Å². The first-order valence-corrected chi connectivity index (χ1v) is 6.44. The number of aliphatic hydroxyl groups excluding tert-OH is 1. The van der Waals surface area contributed by atoms with Crippen molar-refractivity contribution in [3.63, 3.8) is 0 Å². The van der Waals surface area contributed by atoms with E-state index < -0.39 is 6.10 Å². The van der Waals surface area contributed by atoms with Crippen LogP contribution in [-0.2, 0) is 4.79 Å². The molecule has 1 unspecified atom stereocenters. The maximum Gasteiger partial charge on any atom is 0.220 e. The molecular formula is C13H17ClN2O2. The van der Waals surface area contributed by atoms with Crippen molar-refractivity contribution in [1.82, 2.24) is 10.6 Å². The number of carbonyl (C=O) groups excluding carboxylic acids is 1. The summed E-state index contributed by atoms with van der Waals surface area (Å²) in [6, 6.07) is 6.97. The van der Waals surface area contributed by atoms with Gasteiger partial charge in [0.2, 0.25) is 5.91 Å². The Morgan fingerprint density at radius 2 is 2.11 bits per heavy atom. The van der Waals surface area contributed by atoms with E-state index in [9.17, 15) is 9.90 Å². The van der Waals surface area contributed by atoms with Crippen molar-refractivity contribution in [2.45, 2.75) is 12.5 Å². The van der Waals surface area contributed by atoms with Crippen LogP contribution in [0.5, 0.6) is 0 Å². The topological polar surface area (TPSA) is 61.4 Å². The molecule has 0 radical (unpaired) electrons. The quantitative estimate of drug-likeness (QED) is 0.749. The molecule has 1 aromatic rings. The standard InChI is InChI=1S/C13H17ClN2O2/c14-11-3-1-10(2-4-11)12(17)8-16-13(18)5-9-6-15-7-9/h1-4,9,12,15,17H,5-8H2,(H,16,18). The van der Waals surface area contributed by atoms with Crippen LogP contribution in [0, 0.1) is 5.92 Å². The largest absolute Gasteiger partial charge is 0.387 e.